The highest BCUT2D eigenvalue weighted by molar-refractivity contribution is 9.10. The number of unbranched alkanes of at least 4 members (excludes halogenated alkanes) is 1. The number of hydrogen-bond donors (Lipinski definition) is 1. The number of rotatable bonds is 8. The minimum Gasteiger partial charge on any atom is -0.493 e. The molecule has 1 amide bonds. The van der Waals surface area contributed by atoms with Crippen molar-refractivity contribution in [1.29, 1.82) is 0 Å². The number of ether oxygens (including phenoxy) is 2. The van der Waals surface area contributed by atoms with Gasteiger partial charge in [-0.15, -0.1) is 0 Å². The zero-order chi connectivity index (χ0) is 18.9. The summed E-state index contributed by atoms with van der Waals surface area (Å²) in [5.74, 6) is -0.118. The highest BCUT2D eigenvalue weighted by Gasteiger charge is 2.14. The van der Waals surface area contributed by atoms with Crippen molar-refractivity contribution in [3.8, 4) is 5.75 Å². The highest BCUT2D eigenvalue weighted by Crippen LogP contribution is 2.25. The Hall–Kier alpha value is -2.34. The van der Waals surface area contributed by atoms with E-state index < -0.39 is 0 Å². The van der Waals surface area contributed by atoms with Crippen LogP contribution in [0.5, 0.6) is 5.75 Å². The fourth-order valence-electron chi connectivity index (χ4n) is 2.23. The van der Waals surface area contributed by atoms with Gasteiger partial charge in [-0.3, -0.25) is 4.79 Å². The molecule has 0 bridgehead atoms. The van der Waals surface area contributed by atoms with Gasteiger partial charge in [-0.2, -0.15) is 0 Å². The van der Waals surface area contributed by atoms with Crippen LogP contribution in [0.25, 0.3) is 0 Å². The van der Waals surface area contributed by atoms with E-state index in [-0.39, 0.29) is 11.9 Å². The Morgan fingerprint density at radius 3 is 2.46 bits per heavy atom. The molecule has 0 atom stereocenters. The molecule has 138 valence electrons. The lowest BCUT2D eigenvalue weighted by atomic mass is 10.1. The van der Waals surface area contributed by atoms with Gasteiger partial charge in [0.1, 0.15) is 5.75 Å². The van der Waals surface area contributed by atoms with Gasteiger partial charge in [0, 0.05) is 10.2 Å². The Kier molecular flexibility index (Phi) is 7.66. The first kappa shape index (κ1) is 20.0. The molecule has 0 fully saturated rings. The fourth-order valence-corrected chi connectivity index (χ4v) is 2.60. The standard InChI is InChI=1S/C20H22BrNO4/c1-3-5-12-26-18-11-8-15(21)13-17(18)19(23)22-16-9-6-14(7-10-16)20(24)25-4-2/h6-11,13H,3-5,12H2,1-2H3,(H,22,23). The predicted molar refractivity (Wildman–Crippen MR) is 105 cm³/mol. The van der Waals surface area contributed by atoms with Gasteiger partial charge in [0.15, 0.2) is 0 Å². The lowest BCUT2D eigenvalue weighted by molar-refractivity contribution is 0.0526. The first-order valence-electron chi connectivity index (χ1n) is 8.56. The lowest BCUT2D eigenvalue weighted by Crippen LogP contribution is -2.14. The molecular weight excluding hydrogens is 398 g/mol. The average molecular weight is 420 g/mol. The Morgan fingerprint density at radius 1 is 1.08 bits per heavy atom. The Labute approximate surface area is 161 Å². The van der Waals surface area contributed by atoms with Crippen LogP contribution in [0.2, 0.25) is 0 Å². The number of hydrogen-bond acceptors (Lipinski definition) is 4. The molecule has 1 N–H and O–H groups in total. The van der Waals surface area contributed by atoms with Crippen molar-refractivity contribution >= 4 is 33.5 Å². The number of halogens is 1. The Balaban J connectivity index is 2.11. The number of carbonyl (C=O) groups is 2. The number of carbonyl (C=O) groups excluding carboxylic acids is 2. The Bertz CT molecular complexity index is 759. The third-order valence-electron chi connectivity index (χ3n) is 3.60. The van der Waals surface area contributed by atoms with Crippen LogP contribution in [0.15, 0.2) is 46.9 Å². The summed E-state index contributed by atoms with van der Waals surface area (Å²) in [6.45, 7) is 4.72. The van der Waals surface area contributed by atoms with Gasteiger partial charge in [-0.25, -0.2) is 4.79 Å². The van der Waals surface area contributed by atoms with Crippen LogP contribution in [0, 0.1) is 0 Å². The molecule has 0 aromatic heterocycles. The Morgan fingerprint density at radius 2 is 1.81 bits per heavy atom. The highest BCUT2D eigenvalue weighted by atomic mass is 79.9. The molecule has 0 saturated carbocycles. The summed E-state index contributed by atoms with van der Waals surface area (Å²) in [6.07, 6.45) is 1.94. The number of benzene rings is 2. The van der Waals surface area contributed by atoms with Crippen molar-refractivity contribution in [3.05, 3.63) is 58.1 Å². The van der Waals surface area contributed by atoms with Crippen LogP contribution in [0.1, 0.15) is 47.4 Å². The molecule has 0 aliphatic heterocycles. The minimum absolute atomic E-state index is 0.276. The maximum absolute atomic E-state index is 12.6. The van der Waals surface area contributed by atoms with Crippen molar-refractivity contribution in [2.24, 2.45) is 0 Å². The summed E-state index contributed by atoms with van der Waals surface area (Å²) >= 11 is 3.39. The van der Waals surface area contributed by atoms with Crippen molar-refractivity contribution in [1.82, 2.24) is 0 Å². The van der Waals surface area contributed by atoms with E-state index in [0.29, 0.717) is 35.8 Å². The SMILES string of the molecule is CCCCOc1ccc(Br)cc1C(=O)Nc1ccc(C(=O)OCC)cc1. The van der Waals surface area contributed by atoms with E-state index >= 15 is 0 Å². The van der Waals surface area contributed by atoms with Crippen LogP contribution in [0.3, 0.4) is 0 Å². The second-order valence-corrected chi connectivity index (χ2v) is 6.51. The lowest BCUT2D eigenvalue weighted by Gasteiger charge is -2.12. The second-order valence-electron chi connectivity index (χ2n) is 5.59. The molecule has 2 aromatic rings. The number of anilines is 1. The number of esters is 1. The van der Waals surface area contributed by atoms with Crippen LogP contribution < -0.4 is 10.1 Å². The van der Waals surface area contributed by atoms with E-state index in [1.54, 1.807) is 43.3 Å². The van der Waals surface area contributed by atoms with Gasteiger partial charge in [-0.1, -0.05) is 29.3 Å². The van der Waals surface area contributed by atoms with Gasteiger partial charge in [0.2, 0.25) is 0 Å². The van der Waals surface area contributed by atoms with Crippen molar-refractivity contribution in [2.75, 3.05) is 18.5 Å². The number of amides is 1. The summed E-state index contributed by atoms with van der Waals surface area (Å²) in [5.41, 5.74) is 1.48. The van der Waals surface area contributed by atoms with Gasteiger partial charge in [0.05, 0.1) is 24.3 Å². The van der Waals surface area contributed by atoms with E-state index in [4.69, 9.17) is 9.47 Å². The van der Waals surface area contributed by atoms with Crippen LogP contribution in [-0.2, 0) is 4.74 Å². The molecule has 26 heavy (non-hydrogen) atoms. The third kappa shape index (κ3) is 5.59. The molecule has 0 saturated heterocycles. The molecule has 2 aromatic carbocycles. The van der Waals surface area contributed by atoms with Crippen LogP contribution in [0.4, 0.5) is 5.69 Å². The normalized spacial score (nSPS) is 10.3. The molecule has 2 rings (SSSR count). The van der Waals surface area contributed by atoms with Crippen molar-refractivity contribution in [3.63, 3.8) is 0 Å². The quantitative estimate of drug-likeness (QED) is 0.479. The smallest absolute Gasteiger partial charge is 0.338 e. The molecule has 0 radical (unpaired) electrons. The topological polar surface area (TPSA) is 64.6 Å². The fraction of sp³-hybridized carbons (Fsp3) is 0.300. The van der Waals surface area contributed by atoms with Crippen molar-refractivity contribution < 1.29 is 19.1 Å². The second kappa shape index (κ2) is 9.97. The van der Waals surface area contributed by atoms with E-state index in [0.717, 1.165) is 17.3 Å². The molecule has 0 heterocycles. The third-order valence-corrected chi connectivity index (χ3v) is 4.09. The summed E-state index contributed by atoms with van der Waals surface area (Å²) < 4.78 is 11.5. The zero-order valence-electron chi connectivity index (χ0n) is 14.9. The van der Waals surface area contributed by atoms with Gasteiger partial charge in [-0.05, 0) is 55.8 Å². The largest absolute Gasteiger partial charge is 0.493 e. The van der Waals surface area contributed by atoms with Crippen LogP contribution in [-0.4, -0.2) is 25.1 Å². The molecule has 5 nitrogen and oxygen atoms in total. The summed E-state index contributed by atoms with van der Waals surface area (Å²) in [7, 11) is 0. The molecule has 0 unspecified atom stereocenters. The summed E-state index contributed by atoms with van der Waals surface area (Å²) in [4.78, 5) is 24.3. The van der Waals surface area contributed by atoms with E-state index in [2.05, 4.69) is 28.2 Å². The van der Waals surface area contributed by atoms with Gasteiger partial charge >= 0.3 is 5.97 Å². The molecule has 6 heteroatoms. The first-order chi connectivity index (χ1) is 12.5. The van der Waals surface area contributed by atoms with Crippen LogP contribution >= 0.6 is 15.9 Å². The first-order valence-corrected chi connectivity index (χ1v) is 9.35. The van der Waals surface area contributed by atoms with E-state index in [1.165, 1.54) is 0 Å². The van der Waals surface area contributed by atoms with E-state index in [9.17, 15) is 9.59 Å². The monoisotopic (exact) mass is 419 g/mol. The maximum atomic E-state index is 12.6. The maximum Gasteiger partial charge on any atom is 0.338 e. The number of nitrogens with one attached hydrogen (secondary N) is 1. The molecule has 0 aliphatic carbocycles. The average Bonchev–Trinajstić information content (AvgIpc) is 2.64. The molecule has 0 spiro atoms. The molecular formula is C20H22BrNO4. The summed E-state index contributed by atoms with van der Waals surface area (Å²) in [5, 5.41) is 2.82. The van der Waals surface area contributed by atoms with Gasteiger partial charge in [0.25, 0.3) is 5.91 Å². The summed E-state index contributed by atoms with van der Waals surface area (Å²) in [6, 6.07) is 11.9. The van der Waals surface area contributed by atoms with Gasteiger partial charge < -0.3 is 14.8 Å². The van der Waals surface area contributed by atoms with Crippen molar-refractivity contribution in [2.45, 2.75) is 26.7 Å². The minimum atomic E-state index is -0.385. The molecule has 0 aliphatic rings. The van der Waals surface area contributed by atoms with E-state index in [1.807, 2.05) is 6.07 Å². The zero-order valence-corrected chi connectivity index (χ0v) is 16.5. The predicted octanol–water partition coefficient (Wildman–Crippen LogP) is 5.06.